The molecule has 5 rings (SSSR count). The monoisotopic (exact) mass is 533 g/mol. The first-order valence-electron chi connectivity index (χ1n) is 11.3. The highest BCUT2D eigenvalue weighted by Crippen LogP contribution is 2.53. The summed E-state index contributed by atoms with van der Waals surface area (Å²) in [4.78, 5) is 7.19. The zero-order chi connectivity index (χ0) is 23.5. The maximum absolute atomic E-state index is 14.1. The van der Waals surface area contributed by atoms with Crippen LogP contribution in [0, 0.1) is 18.2 Å². The summed E-state index contributed by atoms with van der Waals surface area (Å²) in [7, 11) is 0. The fraction of sp³-hybridized carbons (Fsp3) is 0.500. The molecule has 1 saturated heterocycles. The first-order valence-corrected chi connectivity index (χ1v) is 13.2. The number of hydrogen-bond acceptors (Lipinski definition) is 5. The van der Waals surface area contributed by atoms with Crippen molar-refractivity contribution in [3.8, 4) is 0 Å². The molecule has 176 valence electrons. The highest BCUT2D eigenvalue weighted by Gasteiger charge is 2.50. The number of nitrogens with zero attached hydrogens (tertiary/aromatic N) is 4. The Hall–Kier alpha value is -1.68. The zero-order valence-electron chi connectivity index (χ0n) is 19.4. The van der Waals surface area contributed by atoms with E-state index >= 15 is 0 Å². The molecule has 9 heteroatoms. The van der Waals surface area contributed by atoms with Crippen LogP contribution in [0.1, 0.15) is 56.5 Å². The van der Waals surface area contributed by atoms with Gasteiger partial charge in [-0.1, -0.05) is 6.07 Å². The minimum atomic E-state index is -1.22. The second-order valence-electron chi connectivity index (χ2n) is 10.2. The van der Waals surface area contributed by atoms with Crippen LogP contribution in [0.2, 0.25) is 0 Å². The van der Waals surface area contributed by atoms with Crippen molar-refractivity contribution in [2.24, 2.45) is 5.41 Å². The van der Waals surface area contributed by atoms with Crippen LogP contribution < -0.4 is 9.62 Å². The van der Waals surface area contributed by atoms with Crippen LogP contribution in [0.5, 0.6) is 0 Å². The smallest absolute Gasteiger partial charge is 0.155 e. The van der Waals surface area contributed by atoms with E-state index in [1.165, 1.54) is 6.07 Å². The summed E-state index contributed by atoms with van der Waals surface area (Å²) >= 11 is 2.37. The average Bonchev–Trinajstić information content (AvgIpc) is 3.35. The lowest BCUT2D eigenvalue weighted by Crippen LogP contribution is -2.50. The quantitative estimate of drug-likeness (QED) is 0.486. The molecule has 0 radical (unpaired) electrons. The summed E-state index contributed by atoms with van der Waals surface area (Å²) in [5, 5.41) is 4.43. The third kappa shape index (κ3) is 3.96. The summed E-state index contributed by atoms with van der Waals surface area (Å²) in [6.45, 7) is 9.56. The van der Waals surface area contributed by atoms with Gasteiger partial charge in [0.05, 0.1) is 17.9 Å². The number of halogens is 2. The van der Waals surface area contributed by atoms with Gasteiger partial charge in [-0.25, -0.2) is 13.9 Å². The molecule has 1 N–H and O–H groups in total. The van der Waals surface area contributed by atoms with Crippen molar-refractivity contribution in [2.75, 3.05) is 18.0 Å². The van der Waals surface area contributed by atoms with E-state index in [0.717, 1.165) is 65.1 Å². The van der Waals surface area contributed by atoms with Crippen LogP contribution in [-0.2, 0) is 17.8 Å². The molecule has 33 heavy (non-hydrogen) atoms. The van der Waals surface area contributed by atoms with E-state index in [-0.39, 0.29) is 22.0 Å². The van der Waals surface area contributed by atoms with E-state index in [0.29, 0.717) is 0 Å². The molecule has 0 saturated carbocycles. The molecule has 2 aromatic heterocycles. The maximum Gasteiger partial charge on any atom is 0.155 e. The molecule has 3 aromatic rings. The minimum absolute atomic E-state index is 0.0649. The average molecular weight is 534 g/mol. The fourth-order valence-corrected chi connectivity index (χ4v) is 6.52. The van der Waals surface area contributed by atoms with Gasteiger partial charge >= 0.3 is 0 Å². The van der Waals surface area contributed by atoms with Crippen molar-refractivity contribution >= 4 is 38.6 Å². The van der Waals surface area contributed by atoms with Crippen molar-refractivity contribution in [1.29, 1.82) is 0 Å². The maximum atomic E-state index is 14.1. The molecule has 3 heterocycles. The SMILES string of the molecule is Cc1nc(N2CCC3(CC2)Cc2cc(F)ccc2[C@H]3N[S@+]([O-])C(C)(C)C)c2ccnn2c1Br. The Morgan fingerprint density at radius 3 is 2.67 bits per heavy atom. The van der Waals surface area contributed by atoms with Crippen molar-refractivity contribution in [1.82, 2.24) is 19.3 Å². The second-order valence-corrected chi connectivity index (χ2v) is 13.0. The molecule has 1 aromatic carbocycles. The Morgan fingerprint density at radius 2 is 1.97 bits per heavy atom. The number of rotatable bonds is 3. The van der Waals surface area contributed by atoms with Crippen LogP contribution in [0.4, 0.5) is 10.2 Å². The van der Waals surface area contributed by atoms with Crippen molar-refractivity contribution in [2.45, 2.75) is 57.7 Å². The molecule has 0 unspecified atom stereocenters. The van der Waals surface area contributed by atoms with Gasteiger partial charge in [0, 0.05) is 29.9 Å². The number of benzene rings is 1. The molecule has 6 nitrogen and oxygen atoms in total. The Bertz CT molecular complexity index is 1200. The fourth-order valence-electron chi connectivity index (χ4n) is 5.20. The van der Waals surface area contributed by atoms with Crippen LogP contribution in [-0.4, -0.2) is 37.0 Å². The van der Waals surface area contributed by atoms with Crippen molar-refractivity contribution in [3.05, 3.63) is 57.7 Å². The van der Waals surface area contributed by atoms with E-state index in [2.05, 4.69) is 30.7 Å². The van der Waals surface area contributed by atoms with Crippen LogP contribution in [0.15, 0.2) is 35.1 Å². The van der Waals surface area contributed by atoms with Gasteiger partial charge in [0.15, 0.2) is 5.82 Å². The number of nitrogens with one attached hydrogen (secondary N) is 1. The number of fused-ring (bicyclic) bond motifs is 2. The zero-order valence-corrected chi connectivity index (χ0v) is 21.8. The molecule has 1 aliphatic carbocycles. The summed E-state index contributed by atoms with van der Waals surface area (Å²) < 4.78 is 33.0. The Kier molecular flexibility index (Phi) is 5.75. The third-order valence-electron chi connectivity index (χ3n) is 7.04. The van der Waals surface area contributed by atoms with E-state index in [1.807, 2.05) is 44.3 Å². The van der Waals surface area contributed by atoms with Gasteiger partial charge in [-0.15, -0.1) is 4.72 Å². The van der Waals surface area contributed by atoms with Gasteiger partial charge in [-0.05, 0) is 92.2 Å². The molecule has 1 fully saturated rings. The van der Waals surface area contributed by atoms with Crippen molar-refractivity contribution < 1.29 is 8.94 Å². The Morgan fingerprint density at radius 1 is 1.24 bits per heavy atom. The molecule has 1 aliphatic heterocycles. The predicted octanol–water partition coefficient (Wildman–Crippen LogP) is 4.88. The van der Waals surface area contributed by atoms with Gasteiger partial charge in [0.25, 0.3) is 0 Å². The third-order valence-corrected chi connectivity index (χ3v) is 9.51. The predicted molar refractivity (Wildman–Crippen MR) is 133 cm³/mol. The minimum Gasteiger partial charge on any atom is -0.598 e. The van der Waals surface area contributed by atoms with E-state index in [9.17, 15) is 8.94 Å². The first-order chi connectivity index (χ1) is 15.6. The molecule has 2 atom stereocenters. The van der Waals surface area contributed by atoms with Crippen LogP contribution >= 0.6 is 15.9 Å². The number of hydrogen-bond donors (Lipinski definition) is 1. The van der Waals surface area contributed by atoms with Gasteiger partial charge in [-0.3, -0.25) is 0 Å². The summed E-state index contributed by atoms with van der Waals surface area (Å²) in [5.74, 6) is 0.726. The lowest BCUT2D eigenvalue weighted by Gasteiger charge is -2.44. The summed E-state index contributed by atoms with van der Waals surface area (Å²) in [6.07, 6.45) is 4.39. The van der Waals surface area contributed by atoms with E-state index in [1.54, 1.807) is 12.3 Å². The lowest BCUT2D eigenvalue weighted by molar-refractivity contribution is 0.176. The Balaban J connectivity index is 1.45. The molecule has 0 bridgehead atoms. The lowest BCUT2D eigenvalue weighted by atomic mass is 9.73. The van der Waals surface area contributed by atoms with E-state index < -0.39 is 11.4 Å². The number of anilines is 1. The van der Waals surface area contributed by atoms with Gasteiger partial charge in [0.2, 0.25) is 0 Å². The normalized spacial score (nSPS) is 21.1. The Labute approximate surface area is 205 Å². The van der Waals surface area contributed by atoms with Crippen LogP contribution in [0.3, 0.4) is 0 Å². The number of aryl methyl sites for hydroxylation is 1. The number of piperidine rings is 1. The van der Waals surface area contributed by atoms with E-state index in [4.69, 9.17) is 4.98 Å². The topological polar surface area (TPSA) is 68.5 Å². The van der Waals surface area contributed by atoms with Gasteiger partial charge in [-0.2, -0.15) is 5.10 Å². The van der Waals surface area contributed by atoms with Crippen molar-refractivity contribution in [3.63, 3.8) is 0 Å². The summed E-state index contributed by atoms with van der Waals surface area (Å²) in [5.41, 5.74) is 3.88. The highest BCUT2D eigenvalue weighted by atomic mass is 79.9. The van der Waals surface area contributed by atoms with Crippen LogP contribution in [0.25, 0.3) is 5.52 Å². The summed E-state index contributed by atoms with van der Waals surface area (Å²) in [6, 6.07) is 6.97. The second kappa shape index (κ2) is 8.22. The molecular weight excluding hydrogens is 505 g/mol. The highest BCUT2D eigenvalue weighted by molar-refractivity contribution is 9.10. The first kappa shape index (κ1) is 23.1. The number of aromatic nitrogens is 3. The molecule has 1 spiro atoms. The standard InChI is InChI=1S/C24H29BrFN5OS/c1-15-21(25)31-19(7-10-27-31)22(28-15)30-11-8-24(9-12-30)14-16-13-17(26)5-6-18(16)20(24)29-33(32)23(2,3)4/h5-7,10,13,20,29H,8-9,11-12,14H2,1-4H3/t20-,33-/m1/s1. The largest absolute Gasteiger partial charge is 0.598 e. The molecule has 2 aliphatic rings. The van der Waals surface area contributed by atoms with Gasteiger partial charge < -0.3 is 9.45 Å². The molecule has 0 amide bonds. The van der Waals surface area contributed by atoms with Gasteiger partial charge in [0.1, 0.15) is 20.7 Å². The molecular formula is C24H29BrFN5OS.